The smallest absolute Gasteiger partial charge is 0.459 e. The van der Waals surface area contributed by atoms with E-state index in [9.17, 15) is 15.0 Å². The van der Waals surface area contributed by atoms with Gasteiger partial charge in [0.25, 0.3) is 5.91 Å². The first-order valence-electron chi connectivity index (χ1n) is 9.88. The maximum Gasteiger partial charge on any atom is 0.632 e. The zero-order valence-electron chi connectivity index (χ0n) is 16.0. The molecule has 2 aromatic carbocycles. The highest BCUT2D eigenvalue weighted by atomic mass is 35.5. The van der Waals surface area contributed by atoms with E-state index in [1.54, 1.807) is 45.5 Å². The number of nitrogens with one attached hydrogen (secondary N) is 1. The van der Waals surface area contributed by atoms with Crippen LogP contribution in [-0.2, 0) is 11.3 Å². The average molecular weight is 414 g/mol. The number of aromatic hydroxyl groups is 2. The number of amides is 1. The summed E-state index contributed by atoms with van der Waals surface area (Å²) >= 11 is 5.89. The largest absolute Gasteiger partial charge is 0.632 e. The van der Waals surface area contributed by atoms with Crippen molar-refractivity contribution in [3.05, 3.63) is 53.6 Å². The highest BCUT2D eigenvalue weighted by Crippen LogP contribution is 2.29. The van der Waals surface area contributed by atoms with Gasteiger partial charge in [-0.2, -0.15) is 0 Å². The third-order valence-electron chi connectivity index (χ3n) is 5.49. The molecule has 0 unspecified atom stereocenters. The van der Waals surface area contributed by atoms with Gasteiger partial charge in [-0.3, -0.25) is 4.79 Å². The molecule has 1 fully saturated rings. The normalized spacial score (nSPS) is 14.8. The lowest BCUT2D eigenvalue weighted by Crippen LogP contribution is -2.53. The molecule has 1 aliphatic carbocycles. The predicted molar refractivity (Wildman–Crippen MR) is 110 cm³/mol. The van der Waals surface area contributed by atoms with Crippen molar-refractivity contribution in [1.82, 2.24) is 0 Å². The number of carbonyl (C=O) groups excluding carboxylic acids is 1. The molecule has 0 saturated heterocycles. The number of benzene rings is 2. The van der Waals surface area contributed by atoms with Crippen molar-refractivity contribution in [2.75, 3.05) is 5.32 Å². The molecule has 4 rings (SSSR count). The summed E-state index contributed by atoms with van der Waals surface area (Å²) in [6.45, 7) is -0.0814. The molecule has 0 spiro atoms. The van der Waals surface area contributed by atoms with Gasteiger partial charge in [-0.15, -0.1) is 0 Å². The molecule has 1 saturated carbocycles. The van der Waals surface area contributed by atoms with Crippen LogP contribution in [0.2, 0.25) is 5.02 Å². The van der Waals surface area contributed by atoms with Crippen LogP contribution in [0.4, 0.5) is 5.69 Å². The van der Waals surface area contributed by atoms with Gasteiger partial charge in [-0.1, -0.05) is 39.3 Å². The Labute approximate surface area is 174 Å². The van der Waals surface area contributed by atoms with Crippen molar-refractivity contribution in [2.45, 2.75) is 44.7 Å². The van der Waals surface area contributed by atoms with Crippen molar-refractivity contribution in [3.8, 4) is 11.9 Å². The number of para-hydroxylation sites is 1. The van der Waals surface area contributed by atoms with Gasteiger partial charge in [0.1, 0.15) is 0 Å². The van der Waals surface area contributed by atoms with Crippen molar-refractivity contribution in [2.24, 2.45) is 0 Å². The third-order valence-corrected chi connectivity index (χ3v) is 5.74. The summed E-state index contributed by atoms with van der Waals surface area (Å²) in [5.41, 5.74) is 1.23. The number of aromatic nitrogens is 2. The molecule has 150 valence electrons. The number of hydrogen-bond acceptors (Lipinski definition) is 3. The third kappa shape index (κ3) is 3.98. The van der Waals surface area contributed by atoms with Crippen LogP contribution in [0.1, 0.15) is 38.1 Å². The first-order chi connectivity index (χ1) is 14.0. The lowest BCUT2D eigenvalue weighted by atomic mass is 9.95. The lowest BCUT2D eigenvalue weighted by molar-refractivity contribution is -0.830. The second-order valence-corrected chi connectivity index (χ2v) is 7.88. The minimum absolute atomic E-state index is 0.0129. The van der Waals surface area contributed by atoms with Crippen LogP contribution in [0.15, 0.2) is 48.5 Å². The van der Waals surface area contributed by atoms with Gasteiger partial charge in [0.2, 0.25) is 12.1 Å². The Morgan fingerprint density at radius 3 is 2.45 bits per heavy atom. The first kappa shape index (κ1) is 19.5. The van der Waals surface area contributed by atoms with E-state index in [-0.39, 0.29) is 30.4 Å². The van der Waals surface area contributed by atoms with E-state index in [4.69, 9.17) is 11.6 Å². The molecule has 1 heterocycles. The SMILES string of the molecule is O=C(C[n+]1c(O)[n+](C2CCCCC2)c(O)c2ccccc21)Nc1ccc(Cl)cc1. The van der Waals surface area contributed by atoms with Crippen LogP contribution in [0.25, 0.3) is 10.9 Å². The van der Waals surface area contributed by atoms with Gasteiger partial charge in [-0.05, 0) is 43.2 Å². The van der Waals surface area contributed by atoms with Crippen molar-refractivity contribution in [1.29, 1.82) is 0 Å². The van der Waals surface area contributed by atoms with E-state index in [1.165, 1.54) is 0 Å². The lowest BCUT2D eigenvalue weighted by Gasteiger charge is -2.17. The van der Waals surface area contributed by atoms with E-state index in [1.807, 2.05) is 12.1 Å². The Kier molecular flexibility index (Phi) is 5.53. The van der Waals surface area contributed by atoms with Gasteiger partial charge >= 0.3 is 11.9 Å². The maximum atomic E-state index is 12.7. The Balaban J connectivity index is 1.72. The number of carbonyl (C=O) groups is 1. The van der Waals surface area contributed by atoms with E-state index in [0.29, 0.717) is 21.6 Å². The van der Waals surface area contributed by atoms with Crippen molar-refractivity contribution < 1.29 is 24.1 Å². The second-order valence-electron chi connectivity index (χ2n) is 7.44. The molecule has 3 N–H and O–H groups in total. The van der Waals surface area contributed by atoms with Gasteiger partial charge in [0, 0.05) is 29.6 Å². The summed E-state index contributed by atoms with van der Waals surface area (Å²) in [6.07, 6.45) is 5.05. The standard InChI is InChI=1S/C22H22ClN3O3/c23-15-10-12-16(13-11-15)24-20(27)14-25-19-9-5-4-8-18(19)21(28)26(22(25)29)17-6-2-1-3-7-17/h4-5,8-13,17H,1-3,6-7,14H2,(H,24,27)/p+2. The summed E-state index contributed by atoms with van der Waals surface area (Å²) in [6, 6.07) is 14.0. The van der Waals surface area contributed by atoms with Crippen LogP contribution in [0.3, 0.4) is 0 Å². The van der Waals surface area contributed by atoms with Crippen molar-refractivity contribution >= 4 is 34.1 Å². The number of nitrogens with zero attached hydrogens (tertiary/aromatic N) is 2. The van der Waals surface area contributed by atoms with Crippen LogP contribution in [-0.4, -0.2) is 16.1 Å². The molecule has 7 heteroatoms. The number of anilines is 1. The zero-order valence-corrected chi connectivity index (χ0v) is 16.8. The van der Waals surface area contributed by atoms with E-state index < -0.39 is 0 Å². The summed E-state index contributed by atoms with van der Waals surface area (Å²) in [5.74, 6) is -0.238. The second kappa shape index (κ2) is 8.25. The van der Waals surface area contributed by atoms with E-state index >= 15 is 0 Å². The molecule has 1 aromatic heterocycles. The maximum absolute atomic E-state index is 12.7. The van der Waals surface area contributed by atoms with E-state index in [0.717, 1.165) is 32.1 Å². The molecule has 29 heavy (non-hydrogen) atoms. The van der Waals surface area contributed by atoms with Crippen molar-refractivity contribution in [3.63, 3.8) is 0 Å². The monoisotopic (exact) mass is 413 g/mol. The molecule has 0 bridgehead atoms. The van der Waals surface area contributed by atoms with Gasteiger partial charge in [0.15, 0.2) is 11.4 Å². The molecular weight excluding hydrogens is 390 g/mol. The zero-order chi connectivity index (χ0) is 20.4. The Hall–Kier alpha value is -2.86. The molecule has 0 radical (unpaired) electrons. The van der Waals surface area contributed by atoms with Gasteiger partial charge in [0.05, 0.1) is 0 Å². The highest BCUT2D eigenvalue weighted by molar-refractivity contribution is 6.30. The molecule has 0 aliphatic heterocycles. The molecule has 3 aromatic rings. The number of rotatable bonds is 4. The molecule has 6 nitrogen and oxygen atoms in total. The first-order valence-corrected chi connectivity index (χ1v) is 10.3. The fourth-order valence-corrected chi connectivity index (χ4v) is 4.20. The van der Waals surface area contributed by atoms with Crippen LogP contribution in [0.5, 0.6) is 11.9 Å². The average Bonchev–Trinajstić information content (AvgIpc) is 2.74. The summed E-state index contributed by atoms with van der Waals surface area (Å²) in [4.78, 5) is 12.7. The van der Waals surface area contributed by atoms with Gasteiger partial charge in [-0.25, -0.2) is 0 Å². The fourth-order valence-electron chi connectivity index (χ4n) is 4.07. The fraction of sp³-hybridized carbons (Fsp3) is 0.318. The molecule has 1 amide bonds. The highest BCUT2D eigenvalue weighted by Gasteiger charge is 2.39. The minimum atomic E-state index is -0.279. The quantitative estimate of drug-likeness (QED) is 0.571. The summed E-state index contributed by atoms with van der Waals surface area (Å²) < 4.78 is 3.13. The topological polar surface area (TPSA) is 77.3 Å². The Morgan fingerprint density at radius 1 is 1.03 bits per heavy atom. The molecule has 1 aliphatic rings. The van der Waals surface area contributed by atoms with E-state index in [2.05, 4.69) is 5.32 Å². The predicted octanol–water partition coefficient (Wildman–Crippen LogP) is 3.62. The van der Waals surface area contributed by atoms with Crippen LogP contribution < -0.4 is 14.5 Å². The number of fused-ring (bicyclic) bond motifs is 1. The molecular formula is C22H24ClN3O3+2. The minimum Gasteiger partial charge on any atom is -0.459 e. The molecule has 0 atom stereocenters. The van der Waals surface area contributed by atoms with Crippen LogP contribution in [0, 0.1) is 0 Å². The number of halogens is 1. The number of hydrogen-bond donors (Lipinski definition) is 3. The summed E-state index contributed by atoms with van der Waals surface area (Å²) in [7, 11) is 0. The Morgan fingerprint density at radius 2 is 1.72 bits per heavy atom. The van der Waals surface area contributed by atoms with Crippen LogP contribution >= 0.6 is 11.6 Å². The Bertz CT molecular complexity index is 1050. The summed E-state index contributed by atoms with van der Waals surface area (Å²) in [5, 5.41) is 25.9. The van der Waals surface area contributed by atoms with Gasteiger partial charge < -0.3 is 15.5 Å².